The van der Waals surface area contributed by atoms with Crippen LogP contribution in [0.15, 0.2) is 55.0 Å². The van der Waals surface area contributed by atoms with Gasteiger partial charge in [-0.05, 0) is 48.5 Å². The first kappa shape index (κ1) is 17.6. The Kier molecular flexibility index (Phi) is 5.39. The topological polar surface area (TPSA) is 58.1 Å². The molecule has 138 valence electrons. The highest BCUT2D eigenvalue weighted by Gasteiger charge is 2.11. The minimum Gasteiger partial charge on any atom is -0.310 e. The van der Waals surface area contributed by atoms with Crippen molar-refractivity contribution in [3.05, 3.63) is 66.1 Å². The molecule has 1 aromatic carbocycles. The molecule has 5 nitrogen and oxygen atoms in total. The number of nitrogens with one attached hydrogen (secondary N) is 1. The van der Waals surface area contributed by atoms with Crippen molar-refractivity contribution in [3.8, 4) is 0 Å². The van der Waals surface area contributed by atoms with Gasteiger partial charge >= 0.3 is 0 Å². The van der Waals surface area contributed by atoms with Crippen LogP contribution in [0, 0.1) is 0 Å². The van der Waals surface area contributed by atoms with Crippen molar-refractivity contribution < 1.29 is 4.79 Å². The highest BCUT2D eigenvalue weighted by atomic mass is 16.1. The molecule has 3 aromatic rings. The van der Waals surface area contributed by atoms with Crippen LogP contribution in [0.25, 0.3) is 10.8 Å². The van der Waals surface area contributed by atoms with E-state index < -0.39 is 0 Å². The number of amides is 1. The molecule has 0 saturated carbocycles. The third-order valence-corrected chi connectivity index (χ3v) is 5.05. The number of hydrogen-bond donors (Lipinski definition) is 1. The fourth-order valence-corrected chi connectivity index (χ4v) is 3.65. The Bertz CT molecular complexity index is 912. The molecule has 3 heterocycles. The van der Waals surface area contributed by atoms with E-state index in [1.165, 1.54) is 24.8 Å². The zero-order valence-electron chi connectivity index (χ0n) is 15.4. The normalized spacial score (nSPS) is 15.0. The molecule has 27 heavy (non-hydrogen) atoms. The van der Waals surface area contributed by atoms with E-state index >= 15 is 0 Å². The maximum Gasteiger partial charge on any atom is 0.230 e. The summed E-state index contributed by atoms with van der Waals surface area (Å²) >= 11 is 0. The average molecular weight is 360 g/mol. The van der Waals surface area contributed by atoms with Gasteiger partial charge in [-0.2, -0.15) is 0 Å². The predicted molar refractivity (Wildman–Crippen MR) is 107 cm³/mol. The molecule has 0 aliphatic carbocycles. The molecule has 1 saturated heterocycles. The number of fused-ring (bicyclic) bond motifs is 1. The van der Waals surface area contributed by atoms with E-state index in [1.54, 1.807) is 6.20 Å². The summed E-state index contributed by atoms with van der Waals surface area (Å²) in [6, 6.07) is 11.9. The van der Waals surface area contributed by atoms with Crippen LogP contribution in [0.4, 0.5) is 5.82 Å². The van der Waals surface area contributed by atoms with Gasteiger partial charge in [-0.15, -0.1) is 0 Å². The number of anilines is 1. The smallest absolute Gasteiger partial charge is 0.230 e. The van der Waals surface area contributed by atoms with Crippen LogP contribution >= 0.6 is 0 Å². The number of likely N-dealkylation sites (tertiary alicyclic amines) is 1. The molecule has 0 radical (unpaired) electrons. The van der Waals surface area contributed by atoms with E-state index in [2.05, 4.69) is 26.3 Å². The van der Waals surface area contributed by atoms with Gasteiger partial charge in [0.05, 0.1) is 6.42 Å². The van der Waals surface area contributed by atoms with Crippen LogP contribution in [0.2, 0.25) is 0 Å². The fourth-order valence-electron chi connectivity index (χ4n) is 3.65. The Morgan fingerprint density at radius 2 is 1.85 bits per heavy atom. The highest BCUT2D eigenvalue weighted by Crippen LogP contribution is 2.18. The van der Waals surface area contributed by atoms with Crippen LogP contribution in [0.1, 0.15) is 30.4 Å². The Morgan fingerprint density at radius 1 is 1.00 bits per heavy atom. The van der Waals surface area contributed by atoms with Crippen molar-refractivity contribution in [2.45, 2.75) is 32.2 Å². The average Bonchev–Trinajstić information content (AvgIpc) is 2.71. The first-order valence-electron chi connectivity index (χ1n) is 9.57. The minimum atomic E-state index is -0.0792. The zero-order chi connectivity index (χ0) is 18.5. The first-order chi connectivity index (χ1) is 13.3. The van der Waals surface area contributed by atoms with Crippen LogP contribution in [-0.4, -0.2) is 33.9 Å². The fraction of sp³-hybridized carbons (Fsp3) is 0.318. The lowest BCUT2D eigenvalue weighted by molar-refractivity contribution is -0.115. The van der Waals surface area contributed by atoms with Crippen LogP contribution in [0.3, 0.4) is 0 Å². The molecule has 1 aliphatic rings. The van der Waals surface area contributed by atoms with Gasteiger partial charge in [0.15, 0.2) is 0 Å². The second kappa shape index (κ2) is 8.27. The van der Waals surface area contributed by atoms with E-state index in [0.29, 0.717) is 5.82 Å². The Hall–Kier alpha value is -2.79. The number of carbonyl (C=O) groups excluding carboxylic acids is 1. The zero-order valence-corrected chi connectivity index (χ0v) is 15.4. The van der Waals surface area contributed by atoms with Gasteiger partial charge in [-0.25, -0.2) is 4.98 Å². The van der Waals surface area contributed by atoms with Gasteiger partial charge in [0.1, 0.15) is 5.82 Å². The summed E-state index contributed by atoms with van der Waals surface area (Å²) in [5.74, 6) is 0.514. The molecule has 1 fully saturated rings. The van der Waals surface area contributed by atoms with Crippen LogP contribution in [-0.2, 0) is 17.8 Å². The molecule has 0 spiro atoms. The number of aromatic nitrogens is 2. The quantitative estimate of drug-likeness (QED) is 0.752. The maximum atomic E-state index is 12.4. The van der Waals surface area contributed by atoms with E-state index in [9.17, 15) is 4.79 Å². The predicted octanol–water partition coefficient (Wildman–Crippen LogP) is 3.80. The summed E-state index contributed by atoms with van der Waals surface area (Å²) in [4.78, 5) is 23.6. The third kappa shape index (κ3) is 4.49. The maximum absolute atomic E-state index is 12.4. The summed E-state index contributed by atoms with van der Waals surface area (Å²) in [7, 11) is 0. The van der Waals surface area contributed by atoms with Crippen molar-refractivity contribution >= 4 is 22.5 Å². The summed E-state index contributed by atoms with van der Waals surface area (Å²) in [6.45, 7) is 3.26. The van der Waals surface area contributed by atoms with E-state index in [1.807, 2.05) is 42.7 Å². The molecular weight excluding hydrogens is 336 g/mol. The second-order valence-corrected chi connectivity index (χ2v) is 7.13. The molecule has 1 N–H and O–H groups in total. The molecule has 1 amide bonds. The number of nitrogens with zero attached hydrogens (tertiary/aromatic N) is 3. The molecule has 0 bridgehead atoms. The summed E-state index contributed by atoms with van der Waals surface area (Å²) < 4.78 is 0. The molecule has 2 aromatic heterocycles. The summed E-state index contributed by atoms with van der Waals surface area (Å²) in [5.41, 5.74) is 2.11. The molecule has 5 heteroatoms. The highest BCUT2D eigenvalue weighted by molar-refractivity contribution is 5.95. The number of hydrogen-bond acceptors (Lipinski definition) is 4. The van der Waals surface area contributed by atoms with E-state index in [0.717, 1.165) is 36.0 Å². The lowest BCUT2D eigenvalue weighted by Gasteiger charge is -2.26. The number of benzene rings is 1. The van der Waals surface area contributed by atoms with Crippen molar-refractivity contribution in [3.63, 3.8) is 0 Å². The van der Waals surface area contributed by atoms with Gasteiger partial charge in [-0.1, -0.05) is 36.8 Å². The Balaban J connectivity index is 1.37. The largest absolute Gasteiger partial charge is 0.310 e. The van der Waals surface area contributed by atoms with Gasteiger partial charge in [0, 0.05) is 30.5 Å². The number of carbonyl (C=O) groups is 1. The molecule has 4 rings (SSSR count). The number of pyridine rings is 2. The van der Waals surface area contributed by atoms with Crippen molar-refractivity contribution in [1.82, 2.24) is 14.9 Å². The van der Waals surface area contributed by atoms with Crippen molar-refractivity contribution in [2.75, 3.05) is 18.4 Å². The SMILES string of the molecule is O=C(Cc1cncc2ccccc12)Nc1ccc(CN2CCCCC2)cn1. The van der Waals surface area contributed by atoms with Crippen molar-refractivity contribution in [1.29, 1.82) is 0 Å². The van der Waals surface area contributed by atoms with Gasteiger partial charge in [0.25, 0.3) is 0 Å². The summed E-state index contributed by atoms with van der Waals surface area (Å²) in [5, 5.41) is 5.00. The molecule has 1 aliphatic heterocycles. The van der Waals surface area contributed by atoms with Gasteiger partial charge in [0.2, 0.25) is 5.91 Å². The Labute approximate surface area is 159 Å². The Morgan fingerprint density at radius 3 is 2.67 bits per heavy atom. The van der Waals surface area contributed by atoms with Gasteiger partial charge < -0.3 is 5.32 Å². The molecular formula is C22H24N4O. The molecule has 0 atom stereocenters. The van der Waals surface area contributed by atoms with E-state index in [4.69, 9.17) is 0 Å². The summed E-state index contributed by atoms with van der Waals surface area (Å²) in [6.07, 6.45) is 9.63. The second-order valence-electron chi connectivity index (χ2n) is 7.13. The van der Waals surface area contributed by atoms with Crippen LogP contribution in [0.5, 0.6) is 0 Å². The van der Waals surface area contributed by atoms with Crippen molar-refractivity contribution in [2.24, 2.45) is 0 Å². The molecule has 0 unspecified atom stereocenters. The van der Waals surface area contributed by atoms with E-state index in [-0.39, 0.29) is 12.3 Å². The standard InChI is InChI=1S/C22H24N4O/c27-22(12-19-15-23-14-18-6-2-3-7-20(18)19)25-21-9-8-17(13-24-21)16-26-10-4-1-5-11-26/h2-3,6-9,13-15H,1,4-5,10-12,16H2,(H,24,25,27). The number of piperidine rings is 1. The first-order valence-corrected chi connectivity index (χ1v) is 9.57. The third-order valence-electron chi connectivity index (χ3n) is 5.05. The van der Waals surface area contributed by atoms with Gasteiger partial charge in [-0.3, -0.25) is 14.7 Å². The lowest BCUT2D eigenvalue weighted by Crippen LogP contribution is -2.29. The number of rotatable bonds is 5. The lowest BCUT2D eigenvalue weighted by atomic mass is 10.1. The minimum absolute atomic E-state index is 0.0792. The monoisotopic (exact) mass is 360 g/mol. The van der Waals surface area contributed by atoms with Crippen LogP contribution < -0.4 is 5.32 Å².